The molecule has 0 aromatic heterocycles. The Kier molecular flexibility index (Phi) is 8.07. The van der Waals surface area contributed by atoms with E-state index in [-0.39, 0.29) is 6.10 Å². The maximum absolute atomic E-state index is 11.0. The number of anilines is 1. The zero-order valence-electron chi connectivity index (χ0n) is 21.5. The number of nitrogens with one attached hydrogen (secondary N) is 1. The first-order valence-corrected chi connectivity index (χ1v) is 12.9. The van der Waals surface area contributed by atoms with Crippen molar-refractivity contribution in [2.24, 2.45) is 0 Å². The van der Waals surface area contributed by atoms with Gasteiger partial charge in [0.15, 0.2) is 0 Å². The highest BCUT2D eigenvalue weighted by Crippen LogP contribution is 2.41. The first kappa shape index (κ1) is 24.8. The lowest BCUT2D eigenvalue weighted by Crippen LogP contribution is -2.14. The number of carbonyl (C=O) groups excluding carboxylic acids is 1. The van der Waals surface area contributed by atoms with Crippen LogP contribution in [0.4, 0.5) is 5.69 Å². The lowest BCUT2D eigenvalue weighted by atomic mass is 9.86. The molecular formula is C32H37NO2. The van der Waals surface area contributed by atoms with Crippen molar-refractivity contribution in [3.05, 3.63) is 94.0 Å². The lowest BCUT2D eigenvalue weighted by molar-refractivity contribution is -0.105. The third kappa shape index (κ3) is 5.67. The van der Waals surface area contributed by atoms with Gasteiger partial charge < -0.3 is 10.1 Å². The zero-order valence-corrected chi connectivity index (χ0v) is 21.5. The average Bonchev–Trinajstić information content (AvgIpc) is 3.03. The van der Waals surface area contributed by atoms with Crippen molar-refractivity contribution < 1.29 is 9.53 Å². The Morgan fingerprint density at radius 1 is 0.943 bits per heavy atom. The van der Waals surface area contributed by atoms with Crippen molar-refractivity contribution >= 4 is 23.2 Å². The molecule has 1 atom stereocenters. The topological polar surface area (TPSA) is 38.3 Å². The number of hydrogen-bond donors (Lipinski definition) is 1. The summed E-state index contributed by atoms with van der Waals surface area (Å²) in [6.45, 7) is 8.75. The van der Waals surface area contributed by atoms with Gasteiger partial charge in [-0.15, -0.1) is 0 Å². The van der Waals surface area contributed by atoms with E-state index in [1.54, 1.807) is 0 Å². The van der Waals surface area contributed by atoms with Crippen molar-refractivity contribution in [1.82, 2.24) is 0 Å². The molecular weight excluding hydrogens is 430 g/mol. The maximum atomic E-state index is 11.0. The van der Waals surface area contributed by atoms with E-state index in [2.05, 4.69) is 87.6 Å². The summed E-state index contributed by atoms with van der Waals surface area (Å²) in [6.07, 6.45) is 7.29. The molecule has 0 spiro atoms. The van der Waals surface area contributed by atoms with Crippen molar-refractivity contribution in [1.29, 1.82) is 0 Å². The molecule has 3 heteroatoms. The Bertz CT molecular complexity index is 1210. The van der Waals surface area contributed by atoms with E-state index in [0.717, 1.165) is 56.4 Å². The second-order valence-electron chi connectivity index (χ2n) is 9.62. The molecule has 1 amide bonds. The Morgan fingerprint density at radius 3 is 2.40 bits per heavy atom. The third-order valence-electron chi connectivity index (χ3n) is 6.99. The van der Waals surface area contributed by atoms with Gasteiger partial charge >= 0.3 is 0 Å². The first-order valence-electron chi connectivity index (χ1n) is 12.9. The van der Waals surface area contributed by atoms with E-state index >= 15 is 0 Å². The molecule has 4 rings (SSSR count). The fourth-order valence-corrected chi connectivity index (χ4v) is 5.26. The van der Waals surface area contributed by atoms with Crippen molar-refractivity contribution in [2.45, 2.75) is 72.3 Å². The minimum atomic E-state index is 0.262. The fraction of sp³-hybridized carbons (Fsp3) is 0.344. The maximum Gasteiger partial charge on any atom is 0.211 e. The standard InChI is InChI=1S/C32H37NO2/c1-5-8-27(6-2)35-28-15-12-24(13-16-28)32-30-18-14-26(33-21-34)20-25(30)9-7-10-31(32)29-17-11-22(3)19-23(29)4/h11-21,27H,5-10H2,1-4H3,(H,33,34). The van der Waals surface area contributed by atoms with Gasteiger partial charge in [-0.1, -0.05) is 62.2 Å². The normalized spacial score (nSPS) is 14.2. The molecule has 1 aliphatic rings. The van der Waals surface area contributed by atoms with E-state index in [0.29, 0.717) is 0 Å². The largest absolute Gasteiger partial charge is 0.490 e. The van der Waals surface area contributed by atoms with Crippen LogP contribution in [0.15, 0.2) is 60.7 Å². The number of carbonyl (C=O) groups is 1. The Labute approximate surface area is 210 Å². The number of hydrogen-bond acceptors (Lipinski definition) is 2. The van der Waals surface area contributed by atoms with E-state index in [9.17, 15) is 4.79 Å². The molecule has 0 radical (unpaired) electrons. The summed E-state index contributed by atoms with van der Waals surface area (Å²) in [7, 11) is 0. The molecule has 0 saturated heterocycles. The molecule has 0 fully saturated rings. The van der Waals surface area contributed by atoms with Crippen molar-refractivity contribution in [3.8, 4) is 5.75 Å². The number of allylic oxidation sites excluding steroid dienone is 1. The minimum Gasteiger partial charge on any atom is -0.490 e. The Hall–Kier alpha value is -3.33. The van der Waals surface area contributed by atoms with E-state index in [4.69, 9.17) is 4.74 Å². The smallest absolute Gasteiger partial charge is 0.211 e. The summed E-state index contributed by atoms with van der Waals surface area (Å²) in [5.41, 5.74) is 11.2. The highest BCUT2D eigenvalue weighted by Gasteiger charge is 2.21. The molecule has 182 valence electrons. The van der Waals surface area contributed by atoms with Crippen molar-refractivity contribution in [3.63, 3.8) is 0 Å². The highest BCUT2D eigenvalue weighted by atomic mass is 16.5. The number of benzene rings is 3. The van der Waals surface area contributed by atoms with Crippen LogP contribution in [0.5, 0.6) is 5.75 Å². The number of fused-ring (bicyclic) bond motifs is 1. The van der Waals surface area contributed by atoms with Crippen LogP contribution < -0.4 is 10.1 Å². The van der Waals surface area contributed by atoms with Crippen LogP contribution in [0.25, 0.3) is 11.1 Å². The van der Waals surface area contributed by atoms with Crippen LogP contribution in [0.3, 0.4) is 0 Å². The second kappa shape index (κ2) is 11.4. The number of rotatable bonds is 9. The number of amides is 1. The number of ether oxygens (including phenoxy) is 1. The summed E-state index contributed by atoms with van der Waals surface area (Å²) >= 11 is 0. The number of aryl methyl sites for hydroxylation is 3. The fourth-order valence-electron chi connectivity index (χ4n) is 5.26. The summed E-state index contributed by atoms with van der Waals surface area (Å²) < 4.78 is 6.27. The molecule has 1 aliphatic carbocycles. The first-order chi connectivity index (χ1) is 17.0. The van der Waals surface area contributed by atoms with Gasteiger partial charge in [0.2, 0.25) is 6.41 Å². The molecule has 3 aromatic rings. The monoisotopic (exact) mass is 467 g/mol. The second-order valence-corrected chi connectivity index (χ2v) is 9.62. The van der Waals surface area contributed by atoms with Crippen LogP contribution in [-0.4, -0.2) is 12.5 Å². The van der Waals surface area contributed by atoms with Gasteiger partial charge in [-0.05, 0) is 109 Å². The van der Waals surface area contributed by atoms with E-state index in [1.807, 2.05) is 6.07 Å². The van der Waals surface area contributed by atoms with Gasteiger partial charge in [-0.3, -0.25) is 4.79 Å². The summed E-state index contributed by atoms with van der Waals surface area (Å²) in [5.74, 6) is 0.932. The van der Waals surface area contributed by atoms with Gasteiger partial charge in [0.25, 0.3) is 0 Å². The molecule has 35 heavy (non-hydrogen) atoms. The molecule has 1 N–H and O–H groups in total. The van der Waals surface area contributed by atoms with Crippen LogP contribution in [0, 0.1) is 13.8 Å². The van der Waals surface area contributed by atoms with Crippen LogP contribution >= 0.6 is 0 Å². The minimum absolute atomic E-state index is 0.262. The van der Waals surface area contributed by atoms with Crippen LogP contribution in [0.1, 0.15) is 79.3 Å². The van der Waals surface area contributed by atoms with Crippen molar-refractivity contribution in [2.75, 3.05) is 5.32 Å². The van der Waals surface area contributed by atoms with Crippen LogP contribution in [0.2, 0.25) is 0 Å². The average molecular weight is 468 g/mol. The summed E-state index contributed by atoms with van der Waals surface area (Å²) in [6, 6.07) is 21.7. The SMILES string of the molecule is CCCC(CC)Oc1ccc(C2=C(c3ccc(C)cc3C)CCCc3cc(NC=O)ccc32)cc1. The molecule has 0 saturated carbocycles. The quantitative estimate of drug-likeness (QED) is 0.323. The predicted octanol–water partition coefficient (Wildman–Crippen LogP) is 8.12. The molecule has 0 bridgehead atoms. The predicted molar refractivity (Wildman–Crippen MR) is 147 cm³/mol. The van der Waals surface area contributed by atoms with Gasteiger partial charge in [-0.25, -0.2) is 0 Å². The molecule has 0 heterocycles. The van der Waals surface area contributed by atoms with E-state index < -0.39 is 0 Å². The molecule has 0 aliphatic heterocycles. The third-order valence-corrected chi connectivity index (χ3v) is 6.99. The Morgan fingerprint density at radius 2 is 1.71 bits per heavy atom. The van der Waals surface area contributed by atoms with E-state index in [1.165, 1.54) is 44.5 Å². The summed E-state index contributed by atoms with van der Waals surface area (Å²) in [5, 5.41) is 2.82. The van der Waals surface area contributed by atoms with Crippen LogP contribution in [-0.2, 0) is 11.2 Å². The van der Waals surface area contributed by atoms with Gasteiger partial charge in [0.1, 0.15) is 5.75 Å². The molecule has 3 aromatic carbocycles. The summed E-state index contributed by atoms with van der Waals surface area (Å²) in [4.78, 5) is 11.0. The van der Waals surface area contributed by atoms with Gasteiger partial charge in [0.05, 0.1) is 6.10 Å². The van der Waals surface area contributed by atoms with Gasteiger partial charge in [-0.2, -0.15) is 0 Å². The lowest BCUT2D eigenvalue weighted by Gasteiger charge is -2.20. The zero-order chi connectivity index (χ0) is 24.8. The Balaban J connectivity index is 1.84. The molecule has 1 unspecified atom stereocenters. The molecule has 3 nitrogen and oxygen atoms in total. The highest BCUT2D eigenvalue weighted by molar-refractivity contribution is 6.00. The van der Waals surface area contributed by atoms with Gasteiger partial charge in [0, 0.05) is 5.69 Å².